The van der Waals surface area contributed by atoms with Crippen LogP contribution in [0.1, 0.15) is 27.2 Å². The second-order valence-corrected chi connectivity index (χ2v) is 4.46. The van der Waals surface area contributed by atoms with Crippen LogP contribution in [0.4, 0.5) is 0 Å². The molecule has 1 aliphatic carbocycles. The van der Waals surface area contributed by atoms with Crippen molar-refractivity contribution in [1.82, 2.24) is 0 Å². The second-order valence-electron chi connectivity index (χ2n) is 4.46. The van der Waals surface area contributed by atoms with E-state index in [1.807, 2.05) is 0 Å². The monoisotopic (exact) mass is 164 g/mol. The summed E-state index contributed by atoms with van der Waals surface area (Å²) in [5.41, 5.74) is 1.44. The van der Waals surface area contributed by atoms with Gasteiger partial charge in [0, 0.05) is 5.92 Å². The van der Waals surface area contributed by atoms with E-state index in [-0.39, 0.29) is 5.60 Å². The quantitative estimate of drug-likeness (QED) is 0.535. The molecule has 0 N–H and O–H groups in total. The van der Waals surface area contributed by atoms with Crippen molar-refractivity contribution in [1.29, 1.82) is 0 Å². The van der Waals surface area contributed by atoms with Crippen LogP contribution in [0, 0.1) is 5.92 Å². The Bertz CT molecular complexity index is 248. The summed E-state index contributed by atoms with van der Waals surface area (Å²) >= 11 is 0. The summed E-state index contributed by atoms with van der Waals surface area (Å²) in [6.45, 7) is 6.50. The van der Waals surface area contributed by atoms with E-state index in [4.69, 9.17) is 4.74 Å². The molecule has 1 heterocycles. The van der Waals surface area contributed by atoms with Gasteiger partial charge in [0.15, 0.2) is 0 Å². The molecule has 1 saturated heterocycles. The number of hydrogen-bond donors (Lipinski definition) is 0. The molecule has 2 atom stereocenters. The van der Waals surface area contributed by atoms with Crippen LogP contribution in [-0.4, -0.2) is 11.7 Å². The van der Waals surface area contributed by atoms with Gasteiger partial charge in [0.2, 0.25) is 0 Å². The van der Waals surface area contributed by atoms with Crippen LogP contribution < -0.4 is 0 Å². The third-order valence-electron chi connectivity index (χ3n) is 2.73. The number of allylic oxidation sites excluding steroid dienone is 2. The normalized spacial score (nSPS) is 37.8. The molecule has 2 aliphatic rings. The zero-order chi connectivity index (χ0) is 8.77. The summed E-state index contributed by atoms with van der Waals surface area (Å²) in [4.78, 5) is 0. The van der Waals surface area contributed by atoms with Gasteiger partial charge in [0.05, 0.1) is 11.7 Å². The summed E-state index contributed by atoms with van der Waals surface area (Å²) in [6, 6.07) is 0. The highest BCUT2D eigenvalue weighted by Gasteiger charge is 2.40. The molecule has 0 bridgehead atoms. The van der Waals surface area contributed by atoms with Crippen molar-refractivity contribution >= 4 is 0 Å². The number of fused-ring (bicyclic) bond motifs is 1. The van der Waals surface area contributed by atoms with Crippen LogP contribution in [0.5, 0.6) is 0 Å². The van der Waals surface area contributed by atoms with Gasteiger partial charge in [-0.05, 0) is 32.8 Å². The summed E-state index contributed by atoms with van der Waals surface area (Å²) in [5.74, 6) is 0.616. The van der Waals surface area contributed by atoms with Crippen molar-refractivity contribution in [2.75, 3.05) is 0 Å². The maximum absolute atomic E-state index is 5.95. The molecule has 66 valence electrons. The molecule has 0 aromatic carbocycles. The lowest BCUT2D eigenvalue weighted by molar-refractivity contribution is -0.00237. The molecular weight excluding hydrogens is 148 g/mol. The lowest BCUT2D eigenvalue weighted by Crippen LogP contribution is -2.21. The molecule has 0 radical (unpaired) electrons. The first-order valence-corrected chi connectivity index (χ1v) is 4.61. The van der Waals surface area contributed by atoms with Gasteiger partial charge < -0.3 is 4.74 Å². The van der Waals surface area contributed by atoms with Crippen molar-refractivity contribution < 1.29 is 4.74 Å². The van der Waals surface area contributed by atoms with Gasteiger partial charge in [-0.3, -0.25) is 0 Å². The van der Waals surface area contributed by atoms with Crippen LogP contribution in [0.25, 0.3) is 0 Å². The van der Waals surface area contributed by atoms with Crippen molar-refractivity contribution in [3.63, 3.8) is 0 Å². The molecule has 0 saturated carbocycles. The molecule has 2 rings (SSSR count). The molecule has 1 unspecified atom stereocenters. The predicted molar refractivity (Wildman–Crippen MR) is 50.0 cm³/mol. The smallest absolute Gasteiger partial charge is 0.0856 e. The minimum atomic E-state index is 0.0686. The van der Waals surface area contributed by atoms with Gasteiger partial charge in [-0.15, -0.1) is 0 Å². The molecule has 0 aromatic heterocycles. The summed E-state index contributed by atoms with van der Waals surface area (Å²) < 4.78 is 5.95. The Morgan fingerprint density at radius 2 is 2.25 bits per heavy atom. The molecule has 0 amide bonds. The van der Waals surface area contributed by atoms with Crippen LogP contribution in [0.15, 0.2) is 23.8 Å². The molecule has 1 nitrogen and oxygen atoms in total. The third kappa shape index (κ3) is 1.22. The molecule has 12 heavy (non-hydrogen) atoms. The van der Waals surface area contributed by atoms with E-state index in [0.717, 1.165) is 6.42 Å². The average Bonchev–Trinajstić information content (AvgIpc) is 2.25. The predicted octanol–water partition coefficient (Wildman–Crippen LogP) is 2.69. The minimum Gasteiger partial charge on any atom is -0.367 e. The Morgan fingerprint density at radius 3 is 2.92 bits per heavy atom. The van der Waals surface area contributed by atoms with E-state index in [0.29, 0.717) is 12.0 Å². The first-order chi connectivity index (χ1) is 5.58. The zero-order valence-electron chi connectivity index (χ0n) is 8.00. The van der Waals surface area contributed by atoms with E-state index in [1.165, 1.54) is 5.57 Å². The van der Waals surface area contributed by atoms with Crippen LogP contribution in [-0.2, 0) is 4.74 Å². The van der Waals surface area contributed by atoms with Crippen LogP contribution >= 0.6 is 0 Å². The number of rotatable bonds is 0. The fourth-order valence-electron chi connectivity index (χ4n) is 2.20. The van der Waals surface area contributed by atoms with Crippen molar-refractivity contribution in [2.24, 2.45) is 5.92 Å². The lowest BCUT2D eigenvalue weighted by atomic mass is 9.88. The minimum absolute atomic E-state index is 0.0686. The maximum Gasteiger partial charge on any atom is 0.0856 e. The highest BCUT2D eigenvalue weighted by Crippen LogP contribution is 2.39. The molecule has 1 fully saturated rings. The standard InChI is InChI=1S/C11H16O/c1-8-5-4-6-9-7-11(2,3)12-10(8)9/h4-6,9-10H,7H2,1-3H3/t9?,10-/m1/s1. The van der Waals surface area contributed by atoms with Crippen LogP contribution in [0.2, 0.25) is 0 Å². The van der Waals surface area contributed by atoms with Crippen molar-refractivity contribution in [2.45, 2.75) is 38.9 Å². The van der Waals surface area contributed by atoms with E-state index in [1.54, 1.807) is 0 Å². The van der Waals surface area contributed by atoms with E-state index in [9.17, 15) is 0 Å². The zero-order valence-corrected chi connectivity index (χ0v) is 8.00. The summed E-state index contributed by atoms with van der Waals surface area (Å²) in [7, 11) is 0. The Balaban J connectivity index is 2.24. The third-order valence-corrected chi connectivity index (χ3v) is 2.73. The van der Waals surface area contributed by atoms with Gasteiger partial charge in [-0.2, -0.15) is 0 Å². The fraction of sp³-hybridized carbons (Fsp3) is 0.636. The SMILES string of the molecule is CC1=CC=CC2CC(C)(C)O[C@H]12. The van der Waals surface area contributed by atoms with Crippen molar-refractivity contribution in [3.8, 4) is 0 Å². The maximum atomic E-state index is 5.95. The van der Waals surface area contributed by atoms with Gasteiger partial charge in [-0.25, -0.2) is 0 Å². The van der Waals surface area contributed by atoms with Gasteiger partial charge >= 0.3 is 0 Å². The second kappa shape index (κ2) is 2.46. The fourth-order valence-corrected chi connectivity index (χ4v) is 2.20. The van der Waals surface area contributed by atoms with E-state index in [2.05, 4.69) is 39.0 Å². The van der Waals surface area contributed by atoms with Gasteiger partial charge in [-0.1, -0.05) is 18.2 Å². The first kappa shape index (κ1) is 8.06. The number of hydrogen-bond acceptors (Lipinski definition) is 1. The van der Waals surface area contributed by atoms with Crippen molar-refractivity contribution in [3.05, 3.63) is 23.8 Å². The topological polar surface area (TPSA) is 9.23 Å². The van der Waals surface area contributed by atoms with E-state index >= 15 is 0 Å². The first-order valence-electron chi connectivity index (χ1n) is 4.61. The van der Waals surface area contributed by atoms with Gasteiger partial charge in [0.1, 0.15) is 0 Å². The Kier molecular flexibility index (Phi) is 1.65. The highest BCUT2D eigenvalue weighted by atomic mass is 16.5. The molecule has 1 heteroatoms. The molecular formula is C11H16O. The lowest BCUT2D eigenvalue weighted by Gasteiger charge is -2.21. The highest BCUT2D eigenvalue weighted by molar-refractivity contribution is 5.25. The molecule has 1 aliphatic heterocycles. The largest absolute Gasteiger partial charge is 0.367 e. The average molecular weight is 164 g/mol. The summed E-state index contributed by atoms with van der Waals surface area (Å²) in [6.07, 6.45) is 8.08. The Labute approximate surface area is 74.1 Å². The Morgan fingerprint density at radius 1 is 1.50 bits per heavy atom. The Hall–Kier alpha value is -0.560. The number of ether oxygens (including phenoxy) is 1. The molecule has 0 aromatic rings. The molecule has 0 spiro atoms. The summed E-state index contributed by atoms with van der Waals surface area (Å²) in [5, 5.41) is 0. The van der Waals surface area contributed by atoms with E-state index < -0.39 is 0 Å². The van der Waals surface area contributed by atoms with Gasteiger partial charge in [0.25, 0.3) is 0 Å². The van der Waals surface area contributed by atoms with Crippen LogP contribution in [0.3, 0.4) is 0 Å².